The van der Waals surface area contributed by atoms with Crippen LogP contribution in [-0.2, 0) is 0 Å². The van der Waals surface area contributed by atoms with Crippen molar-refractivity contribution in [2.24, 2.45) is 5.73 Å². The van der Waals surface area contributed by atoms with Crippen molar-refractivity contribution in [3.63, 3.8) is 0 Å². The van der Waals surface area contributed by atoms with Gasteiger partial charge in [-0.25, -0.2) is 0 Å². The Bertz CT molecular complexity index is 647. The van der Waals surface area contributed by atoms with Crippen molar-refractivity contribution in [3.8, 4) is 0 Å². The van der Waals surface area contributed by atoms with Gasteiger partial charge in [-0.2, -0.15) is 0 Å². The van der Waals surface area contributed by atoms with E-state index in [1.807, 2.05) is 19.1 Å². The van der Waals surface area contributed by atoms with Crippen molar-refractivity contribution >= 4 is 11.6 Å². The Labute approximate surface area is 110 Å². The van der Waals surface area contributed by atoms with E-state index in [9.17, 15) is 9.59 Å². The number of anilines is 1. The Balaban J connectivity index is 2.30. The van der Waals surface area contributed by atoms with Gasteiger partial charge in [-0.1, -0.05) is 18.2 Å². The molecule has 0 saturated heterocycles. The number of hydrogen-bond donors (Lipinski definition) is 3. The third kappa shape index (κ3) is 2.89. The fourth-order valence-electron chi connectivity index (χ4n) is 1.79. The summed E-state index contributed by atoms with van der Waals surface area (Å²) >= 11 is 0. The minimum atomic E-state index is -0.449. The molecule has 1 unspecified atom stereocenters. The topological polar surface area (TPSA) is 88.0 Å². The average molecular weight is 257 g/mol. The first-order valence-corrected chi connectivity index (χ1v) is 5.92. The van der Waals surface area contributed by atoms with Crippen molar-refractivity contribution in [2.45, 2.75) is 13.0 Å². The van der Waals surface area contributed by atoms with Crippen molar-refractivity contribution in [2.75, 3.05) is 5.32 Å². The molecule has 4 N–H and O–H groups in total. The lowest BCUT2D eigenvalue weighted by atomic mass is 10.1. The fourth-order valence-corrected chi connectivity index (χ4v) is 1.79. The van der Waals surface area contributed by atoms with Gasteiger partial charge in [0.05, 0.1) is 0 Å². The number of carbonyl (C=O) groups excluding carboxylic acids is 1. The molecule has 0 aliphatic heterocycles. The monoisotopic (exact) mass is 257 g/mol. The molecular formula is C14H15N3O2. The molecule has 1 amide bonds. The Hall–Kier alpha value is -2.40. The maximum atomic E-state index is 12.0. The lowest BCUT2D eigenvalue weighted by Crippen LogP contribution is -2.22. The van der Waals surface area contributed by atoms with E-state index < -0.39 is 5.91 Å². The van der Waals surface area contributed by atoms with Crippen LogP contribution >= 0.6 is 0 Å². The van der Waals surface area contributed by atoms with Gasteiger partial charge in [-0.15, -0.1) is 0 Å². The van der Waals surface area contributed by atoms with Crippen LogP contribution in [0.2, 0.25) is 0 Å². The van der Waals surface area contributed by atoms with Crippen LogP contribution in [0.5, 0.6) is 0 Å². The highest BCUT2D eigenvalue weighted by molar-refractivity contribution is 6.04. The number of amides is 1. The van der Waals surface area contributed by atoms with Crippen LogP contribution in [0.15, 0.2) is 47.5 Å². The molecule has 2 rings (SSSR count). The number of H-pyrrole nitrogens is 1. The van der Waals surface area contributed by atoms with E-state index in [2.05, 4.69) is 10.3 Å². The molecule has 5 nitrogen and oxygen atoms in total. The summed E-state index contributed by atoms with van der Waals surface area (Å²) in [5.74, 6) is -0.449. The molecule has 0 spiro atoms. The van der Waals surface area contributed by atoms with Crippen molar-refractivity contribution < 1.29 is 4.79 Å². The molecule has 0 aliphatic carbocycles. The van der Waals surface area contributed by atoms with Crippen LogP contribution in [0, 0.1) is 0 Å². The maximum Gasteiger partial charge on any atom is 0.261 e. The number of benzene rings is 1. The summed E-state index contributed by atoms with van der Waals surface area (Å²) in [5, 5.41) is 2.71. The molecule has 1 heterocycles. The second-order valence-corrected chi connectivity index (χ2v) is 4.25. The molecule has 98 valence electrons. The number of pyridine rings is 1. The lowest BCUT2D eigenvalue weighted by molar-refractivity contribution is 0.102. The first-order chi connectivity index (χ1) is 9.09. The third-order valence-corrected chi connectivity index (χ3v) is 2.77. The third-order valence-electron chi connectivity index (χ3n) is 2.77. The van der Waals surface area contributed by atoms with E-state index in [1.54, 1.807) is 12.1 Å². The smallest absolute Gasteiger partial charge is 0.261 e. The molecule has 19 heavy (non-hydrogen) atoms. The lowest BCUT2D eigenvalue weighted by Gasteiger charge is -2.13. The van der Waals surface area contributed by atoms with Crippen LogP contribution in [0.3, 0.4) is 0 Å². The zero-order chi connectivity index (χ0) is 13.8. The minimum absolute atomic E-state index is 0.0713. The van der Waals surface area contributed by atoms with E-state index in [4.69, 9.17) is 5.73 Å². The summed E-state index contributed by atoms with van der Waals surface area (Å²) in [5.41, 5.74) is 7.03. The van der Waals surface area contributed by atoms with Gasteiger partial charge in [0, 0.05) is 30.2 Å². The summed E-state index contributed by atoms with van der Waals surface area (Å²) < 4.78 is 0. The Morgan fingerprint density at radius 1 is 1.32 bits per heavy atom. The van der Waals surface area contributed by atoms with E-state index >= 15 is 0 Å². The van der Waals surface area contributed by atoms with E-state index in [0.29, 0.717) is 5.69 Å². The number of aromatic nitrogens is 1. The summed E-state index contributed by atoms with van der Waals surface area (Å²) in [7, 11) is 0. The summed E-state index contributed by atoms with van der Waals surface area (Å²) in [6, 6.07) is 8.36. The normalized spacial score (nSPS) is 11.9. The largest absolute Gasteiger partial charge is 0.367 e. The van der Waals surface area contributed by atoms with E-state index in [-0.39, 0.29) is 17.0 Å². The number of carbonyl (C=O) groups is 1. The van der Waals surface area contributed by atoms with E-state index in [0.717, 1.165) is 5.56 Å². The van der Waals surface area contributed by atoms with E-state index in [1.165, 1.54) is 18.5 Å². The summed E-state index contributed by atoms with van der Waals surface area (Å²) in [6.07, 6.45) is 2.86. The van der Waals surface area contributed by atoms with Gasteiger partial charge >= 0.3 is 0 Å². The van der Waals surface area contributed by atoms with Gasteiger partial charge in [-0.3, -0.25) is 9.59 Å². The number of aromatic amines is 1. The molecular weight excluding hydrogens is 242 g/mol. The summed E-state index contributed by atoms with van der Waals surface area (Å²) in [6.45, 7) is 1.83. The second kappa shape index (κ2) is 5.49. The second-order valence-electron chi connectivity index (χ2n) is 4.25. The van der Waals surface area contributed by atoms with Crippen LogP contribution < -0.4 is 16.5 Å². The first-order valence-electron chi connectivity index (χ1n) is 5.92. The Kier molecular flexibility index (Phi) is 3.77. The molecule has 2 aromatic rings. The molecule has 0 bridgehead atoms. The molecule has 0 aliphatic rings. The van der Waals surface area contributed by atoms with Gasteiger partial charge in [0.15, 0.2) is 5.43 Å². The molecule has 1 aromatic carbocycles. The summed E-state index contributed by atoms with van der Waals surface area (Å²) in [4.78, 5) is 26.3. The predicted octanol–water partition coefficient (Wildman–Crippen LogP) is 1.65. The quantitative estimate of drug-likeness (QED) is 0.781. The highest BCUT2D eigenvalue weighted by atomic mass is 16.2. The SMILES string of the molecule is CC(N)c1ccccc1NC(=O)c1c[nH]ccc1=O. The van der Waals surface area contributed by atoms with Crippen molar-refractivity contribution in [3.05, 3.63) is 64.1 Å². The number of para-hydroxylation sites is 1. The average Bonchev–Trinajstić information content (AvgIpc) is 2.39. The van der Waals surface area contributed by atoms with Crippen LogP contribution in [0.25, 0.3) is 0 Å². The number of nitrogens with two attached hydrogens (primary N) is 1. The minimum Gasteiger partial charge on any atom is -0.367 e. The molecule has 1 atom stereocenters. The van der Waals surface area contributed by atoms with Crippen molar-refractivity contribution in [1.29, 1.82) is 0 Å². The van der Waals surface area contributed by atoms with Crippen LogP contribution in [-0.4, -0.2) is 10.9 Å². The molecule has 5 heteroatoms. The standard InChI is InChI=1S/C14H15N3O2/c1-9(15)10-4-2-3-5-12(10)17-14(19)11-8-16-7-6-13(11)18/h2-9H,15H2,1H3,(H,16,18)(H,17,19). The number of nitrogens with one attached hydrogen (secondary N) is 2. The highest BCUT2D eigenvalue weighted by Gasteiger charge is 2.13. The van der Waals surface area contributed by atoms with Gasteiger partial charge < -0.3 is 16.0 Å². The van der Waals surface area contributed by atoms with Crippen molar-refractivity contribution in [1.82, 2.24) is 4.98 Å². The zero-order valence-electron chi connectivity index (χ0n) is 10.5. The first kappa shape index (κ1) is 13.0. The molecule has 0 saturated carbocycles. The number of rotatable bonds is 3. The Morgan fingerprint density at radius 2 is 2.05 bits per heavy atom. The van der Waals surface area contributed by atoms with Crippen LogP contribution in [0.4, 0.5) is 5.69 Å². The van der Waals surface area contributed by atoms with Gasteiger partial charge in [0.25, 0.3) is 5.91 Å². The van der Waals surface area contributed by atoms with Gasteiger partial charge in [-0.05, 0) is 18.6 Å². The highest BCUT2D eigenvalue weighted by Crippen LogP contribution is 2.20. The molecule has 0 radical (unpaired) electrons. The van der Waals surface area contributed by atoms with Gasteiger partial charge in [0.1, 0.15) is 5.56 Å². The maximum absolute atomic E-state index is 12.0. The number of hydrogen-bond acceptors (Lipinski definition) is 3. The molecule has 0 fully saturated rings. The predicted molar refractivity (Wildman–Crippen MR) is 74.1 cm³/mol. The van der Waals surface area contributed by atoms with Crippen LogP contribution in [0.1, 0.15) is 28.9 Å². The zero-order valence-corrected chi connectivity index (χ0v) is 10.5. The van der Waals surface area contributed by atoms with Gasteiger partial charge in [0.2, 0.25) is 0 Å². The fraction of sp³-hybridized carbons (Fsp3) is 0.143. The molecule has 1 aromatic heterocycles. The Morgan fingerprint density at radius 3 is 2.74 bits per heavy atom.